The molecule has 2 aromatic rings. The zero-order valence-corrected chi connectivity index (χ0v) is 9.36. The summed E-state index contributed by atoms with van der Waals surface area (Å²) >= 11 is 5.77. The third kappa shape index (κ3) is 2.62. The van der Waals surface area contributed by atoms with E-state index in [4.69, 9.17) is 16.0 Å². The number of rotatable bonds is 3. The monoisotopic (exact) mass is 252 g/mol. The zero-order chi connectivity index (χ0) is 12.4. The van der Waals surface area contributed by atoms with Gasteiger partial charge in [-0.1, -0.05) is 11.6 Å². The summed E-state index contributed by atoms with van der Waals surface area (Å²) < 4.78 is 4.99. The molecule has 0 saturated heterocycles. The van der Waals surface area contributed by atoms with E-state index in [1.165, 1.54) is 6.07 Å². The molecule has 0 amide bonds. The number of aliphatic carboxylic acids is 1. The van der Waals surface area contributed by atoms with Crippen LogP contribution in [0.1, 0.15) is 12.1 Å². The SMILES string of the molecule is O=C([O-])CCc1nc2cc(Cl)ccc2oc1=O. The van der Waals surface area contributed by atoms with E-state index in [1.807, 2.05) is 0 Å². The second-order valence-corrected chi connectivity index (χ2v) is 3.87. The molecule has 0 unspecified atom stereocenters. The lowest BCUT2D eigenvalue weighted by molar-refractivity contribution is -0.305. The van der Waals surface area contributed by atoms with Gasteiger partial charge >= 0.3 is 5.63 Å². The lowest BCUT2D eigenvalue weighted by atomic mass is 10.2. The van der Waals surface area contributed by atoms with E-state index in [2.05, 4.69) is 4.98 Å². The fourth-order valence-electron chi connectivity index (χ4n) is 1.39. The highest BCUT2D eigenvalue weighted by atomic mass is 35.5. The molecule has 1 aromatic heterocycles. The predicted octanol–water partition coefficient (Wildman–Crippen LogP) is 0.524. The third-order valence-corrected chi connectivity index (χ3v) is 2.42. The molecule has 0 radical (unpaired) electrons. The number of aromatic nitrogens is 1. The van der Waals surface area contributed by atoms with Crippen LogP contribution in [0.15, 0.2) is 27.4 Å². The van der Waals surface area contributed by atoms with Crippen LogP contribution >= 0.6 is 11.6 Å². The van der Waals surface area contributed by atoms with Crippen LogP contribution < -0.4 is 10.7 Å². The van der Waals surface area contributed by atoms with Gasteiger partial charge in [-0.2, -0.15) is 0 Å². The summed E-state index contributed by atoms with van der Waals surface area (Å²) in [6.45, 7) is 0. The van der Waals surface area contributed by atoms with E-state index in [9.17, 15) is 14.7 Å². The van der Waals surface area contributed by atoms with Gasteiger partial charge in [-0.25, -0.2) is 9.78 Å². The summed E-state index contributed by atoms with van der Waals surface area (Å²) in [5.74, 6) is -1.24. The van der Waals surface area contributed by atoms with Crippen LogP contribution in [0.2, 0.25) is 5.02 Å². The molecule has 0 fully saturated rings. The quantitative estimate of drug-likeness (QED) is 0.795. The van der Waals surface area contributed by atoms with E-state index < -0.39 is 11.6 Å². The van der Waals surface area contributed by atoms with E-state index in [-0.39, 0.29) is 18.5 Å². The van der Waals surface area contributed by atoms with Gasteiger partial charge in [-0.15, -0.1) is 0 Å². The Morgan fingerprint density at radius 2 is 2.24 bits per heavy atom. The second kappa shape index (κ2) is 4.55. The topological polar surface area (TPSA) is 83.2 Å². The summed E-state index contributed by atoms with van der Waals surface area (Å²) in [6.07, 6.45) is -0.295. The molecule has 0 aliphatic carbocycles. The zero-order valence-electron chi connectivity index (χ0n) is 8.60. The molecule has 0 spiro atoms. The molecule has 0 aliphatic rings. The van der Waals surface area contributed by atoms with Gasteiger partial charge in [-0.05, 0) is 24.6 Å². The molecular weight excluding hydrogens is 246 g/mol. The number of aryl methyl sites for hydroxylation is 1. The predicted molar refractivity (Wildman–Crippen MR) is 58.6 cm³/mol. The number of carbonyl (C=O) groups excluding carboxylic acids is 1. The van der Waals surface area contributed by atoms with Crippen LogP contribution in [0.5, 0.6) is 0 Å². The maximum Gasteiger partial charge on any atom is 0.358 e. The first kappa shape index (κ1) is 11.6. The lowest BCUT2D eigenvalue weighted by Gasteiger charge is -2.02. The second-order valence-electron chi connectivity index (χ2n) is 3.43. The average molecular weight is 253 g/mol. The standard InChI is InChI=1S/C11H8ClNO4/c12-6-1-3-9-8(5-6)13-7(11(16)17-9)2-4-10(14)15/h1,3,5H,2,4H2,(H,14,15)/p-1. The van der Waals surface area contributed by atoms with Crippen LogP contribution in [0.25, 0.3) is 11.1 Å². The first-order valence-electron chi connectivity index (χ1n) is 4.85. The smallest absolute Gasteiger partial charge is 0.358 e. The number of carboxylic acid groups (broad SMARTS) is 1. The van der Waals surface area contributed by atoms with E-state index in [1.54, 1.807) is 12.1 Å². The van der Waals surface area contributed by atoms with Gasteiger partial charge < -0.3 is 14.3 Å². The molecule has 88 valence electrons. The van der Waals surface area contributed by atoms with Gasteiger partial charge in [0.15, 0.2) is 5.58 Å². The Morgan fingerprint density at radius 3 is 2.94 bits per heavy atom. The molecule has 2 rings (SSSR count). The fraction of sp³-hybridized carbons (Fsp3) is 0.182. The highest BCUT2D eigenvalue weighted by molar-refractivity contribution is 6.31. The summed E-state index contributed by atoms with van der Waals surface area (Å²) in [4.78, 5) is 25.8. The van der Waals surface area contributed by atoms with Crippen LogP contribution in [-0.2, 0) is 11.2 Å². The summed E-state index contributed by atoms with van der Waals surface area (Å²) in [7, 11) is 0. The van der Waals surface area contributed by atoms with Crippen molar-refractivity contribution in [3.63, 3.8) is 0 Å². The first-order valence-corrected chi connectivity index (χ1v) is 5.23. The molecule has 0 atom stereocenters. The number of nitrogens with zero attached hydrogens (tertiary/aromatic N) is 1. The maximum absolute atomic E-state index is 11.5. The number of hydrogen-bond acceptors (Lipinski definition) is 5. The van der Waals surface area contributed by atoms with Crippen LogP contribution in [-0.4, -0.2) is 11.0 Å². The maximum atomic E-state index is 11.5. The molecule has 0 saturated carbocycles. The van der Waals surface area contributed by atoms with E-state index in [0.717, 1.165) is 0 Å². The Kier molecular flexibility index (Phi) is 3.10. The highest BCUT2D eigenvalue weighted by Gasteiger charge is 2.07. The van der Waals surface area contributed by atoms with Gasteiger partial charge in [0.25, 0.3) is 0 Å². The molecule has 6 heteroatoms. The van der Waals surface area contributed by atoms with Crippen molar-refractivity contribution in [2.24, 2.45) is 0 Å². The van der Waals surface area contributed by atoms with Gasteiger partial charge in [0, 0.05) is 17.4 Å². The minimum absolute atomic E-state index is 0.0207. The Bertz CT molecular complexity index is 635. The number of hydrogen-bond donors (Lipinski definition) is 0. The van der Waals surface area contributed by atoms with Crippen molar-refractivity contribution in [1.82, 2.24) is 4.98 Å². The Balaban J connectivity index is 2.46. The van der Waals surface area contributed by atoms with Crippen LogP contribution in [0, 0.1) is 0 Å². The van der Waals surface area contributed by atoms with Crippen molar-refractivity contribution in [1.29, 1.82) is 0 Å². The van der Waals surface area contributed by atoms with Gasteiger partial charge in [-0.3, -0.25) is 0 Å². The van der Waals surface area contributed by atoms with E-state index >= 15 is 0 Å². The number of carboxylic acids is 1. The first-order chi connectivity index (χ1) is 8.06. The van der Waals surface area contributed by atoms with Gasteiger partial charge in [0.2, 0.25) is 0 Å². The van der Waals surface area contributed by atoms with Crippen molar-refractivity contribution in [3.8, 4) is 0 Å². The molecule has 0 bridgehead atoms. The van der Waals surface area contributed by atoms with Crippen molar-refractivity contribution in [2.45, 2.75) is 12.8 Å². The Hall–Kier alpha value is -1.88. The van der Waals surface area contributed by atoms with Gasteiger partial charge in [0.05, 0.1) is 0 Å². The van der Waals surface area contributed by atoms with Crippen molar-refractivity contribution in [3.05, 3.63) is 39.3 Å². The summed E-state index contributed by atoms with van der Waals surface area (Å²) in [5.41, 5.74) is 0.159. The number of benzene rings is 1. The minimum Gasteiger partial charge on any atom is -0.550 e. The molecule has 17 heavy (non-hydrogen) atoms. The number of fused-ring (bicyclic) bond motifs is 1. The molecular formula is C11H7ClNO4-. The van der Waals surface area contributed by atoms with Crippen LogP contribution in [0.4, 0.5) is 0 Å². The average Bonchev–Trinajstić information content (AvgIpc) is 2.26. The molecule has 0 aliphatic heterocycles. The van der Waals surface area contributed by atoms with Crippen molar-refractivity contribution in [2.75, 3.05) is 0 Å². The molecule has 5 nitrogen and oxygen atoms in total. The largest absolute Gasteiger partial charge is 0.550 e. The highest BCUT2D eigenvalue weighted by Crippen LogP contribution is 2.16. The third-order valence-electron chi connectivity index (χ3n) is 2.18. The van der Waals surface area contributed by atoms with Crippen molar-refractivity contribution >= 4 is 28.7 Å². The number of halogens is 1. The Labute approximate surface area is 101 Å². The van der Waals surface area contributed by atoms with Crippen LogP contribution in [0.3, 0.4) is 0 Å². The Morgan fingerprint density at radius 1 is 1.47 bits per heavy atom. The molecule has 0 N–H and O–H groups in total. The minimum atomic E-state index is -1.24. The van der Waals surface area contributed by atoms with E-state index in [0.29, 0.717) is 16.1 Å². The molecule has 1 heterocycles. The fourth-order valence-corrected chi connectivity index (χ4v) is 1.56. The lowest BCUT2D eigenvalue weighted by Crippen LogP contribution is -2.24. The summed E-state index contributed by atoms with van der Waals surface area (Å²) in [5, 5.41) is 10.8. The normalized spacial score (nSPS) is 10.6. The number of carbonyl (C=O) groups is 1. The van der Waals surface area contributed by atoms with Crippen molar-refractivity contribution < 1.29 is 14.3 Å². The molecule has 1 aromatic carbocycles. The summed E-state index contributed by atoms with van der Waals surface area (Å²) in [6, 6.07) is 4.66. The van der Waals surface area contributed by atoms with Gasteiger partial charge in [0.1, 0.15) is 11.2 Å².